The van der Waals surface area contributed by atoms with Gasteiger partial charge in [-0.1, -0.05) is 135 Å². The molecule has 0 N–H and O–H groups in total. The third-order valence-corrected chi connectivity index (χ3v) is 8.23. The Morgan fingerprint density at radius 1 is 0.425 bits per heavy atom. The highest BCUT2D eigenvalue weighted by atomic mass is 15.1. The number of hydrogen-bond donors (Lipinski definition) is 0. The highest BCUT2D eigenvalue weighted by Gasteiger charge is 2.38. The molecule has 0 heterocycles. The molecule has 0 fully saturated rings. The fraction of sp³-hybridized carbons (Fsp3) is 0.0769. The van der Waals surface area contributed by atoms with Crippen molar-refractivity contribution in [3.63, 3.8) is 0 Å². The van der Waals surface area contributed by atoms with E-state index in [4.69, 9.17) is 0 Å². The maximum absolute atomic E-state index is 2.42. The lowest BCUT2D eigenvalue weighted by molar-refractivity contribution is 0.662. The maximum atomic E-state index is 2.42. The summed E-state index contributed by atoms with van der Waals surface area (Å²) in [5, 5.41) is 0. The van der Waals surface area contributed by atoms with E-state index in [1.54, 1.807) is 0 Å². The molecule has 40 heavy (non-hydrogen) atoms. The van der Waals surface area contributed by atoms with Crippen molar-refractivity contribution in [3.05, 3.63) is 163 Å². The number of rotatable bonds is 5. The number of nitrogens with zero attached hydrogens (tertiary/aromatic N) is 1. The second-order valence-electron chi connectivity index (χ2n) is 11.0. The first kappa shape index (κ1) is 24.2. The van der Waals surface area contributed by atoms with Crippen LogP contribution in [0.1, 0.15) is 25.0 Å². The van der Waals surface area contributed by atoms with Crippen molar-refractivity contribution in [2.45, 2.75) is 19.3 Å². The molecule has 0 aliphatic heterocycles. The van der Waals surface area contributed by atoms with Gasteiger partial charge in [-0.15, -0.1) is 0 Å². The molecule has 1 nitrogen and oxygen atoms in total. The van der Waals surface area contributed by atoms with E-state index in [1.165, 1.54) is 44.5 Å². The van der Waals surface area contributed by atoms with Crippen LogP contribution in [-0.4, -0.2) is 0 Å². The third-order valence-electron chi connectivity index (χ3n) is 8.23. The van der Waals surface area contributed by atoms with Crippen LogP contribution in [0.5, 0.6) is 0 Å². The van der Waals surface area contributed by atoms with Crippen LogP contribution >= 0.6 is 0 Å². The van der Waals surface area contributed by atoms with Gasteiger partial charge in [0.2, 0.25) is 0 Å². The van der Waals surface area contributed by atoms with E-state index in [2.05, 4.69) is 170 Å². The predicted molar refractivity (Wildman–Crippen MR) is 170 cm³/mol. The zero-order chi connectivity index (χ0) is 27.1. The zero-order valence-electron chi connectivity index (χ0n) is 22.9. The summed E-state index contributed by atoms with van der Waals surface area (Å²) in [7, 11) is 0. The van der Waals surface area contributed by atoms with Gasteiger partial charge < -0.3 is 4.90 Å². The molecule has 0 amide bonds. The molecule has 0 saturated carbocycles. The first-order chi connectivity index (χ1) is 19.6. The molecule has 0 spiro atoms. The van der Waals surface area contributed by atoms with E-state index >= 15 is 0 Å². The second kappa shape index (κ2) is 9.70. The minimum Gasteiger partial charge on any atom is -0.310 e. The van der Waals surface area contributed by atoms with Gasteiger partial charge in [-0.3, -0.25) is 0 Å². The molecule has 0 radical (unpaired) electrons. The standard InChI is InChI=1S/C39H31N/c1-39(2)36-24-14-12-23-33(36)35-27-31(26-34(38(35)39)29-18-8-4-9-19-29)40(30-20-10-5-11-21-30)37-25-15-13-22-32(37)28-16-6-3-7-17-28/h3-27H,1-2H3. The van der Waals surface area contributed by atoms with E-state index in [-0.39, 0.29) is 5.41 Å². The largest absolute Gasteiger partial charge is 0.310 e. The van der Waals surface area contributed by atoms with Gasteiger partial charge in [0, 0.05) is 22.4 Å². The third kappa shape index (κ3) is 3.94. The lowest BCUT2D eigenvalue weighted by Crippen LogP contribution is -2.17. The summed E-state index contributed by atoms with van der Waals surface area (Å²) < 4.78 is 0. The van der Waals surface area contributed by atoms with E-state index in [9.17, 15) is 0 Å². The van der Waals surface area contributed by atoms with Crippen LogP contribution in [0.3, 0.4) is 0 Å². The van der Waals surface area contributed by atoms with E-state index < -0.39 is 0 Å². The van der Waals surface area contributed by atoms with Crippen LogP contribution in [0.4, 0.5) is 17.1 Å². The quantitative estimate of drug-likeness (QED) is 0.222. The molecule has 1 heteroatoms. The summed E-state index contributed by atoms with van der Waals surface area (Å²) in [6.45, 7) is 4.73. The summed E-state index contributed by atoms with van der Waals surface area (Å²) in [5.41, 5.74) is 13.7. The van der Waals surface area contributed by atoms with Crippen LogP contribution in [0.25, 0.3) is 33.4 Å². The molecule has 192 valence electrons. The van der Waals surface area contributed by atoms with Crippen molar-refractivity contribution in [2.24, 2.45) is 0 Å². The molecule has 1 aliphatic carbocycles. The van der Waals surface area contributed by atoms with Crippen molar-refractivity contribution >= 4 is 17.1 Å². The zero-order valence-corrected chi connectivity index (χ0v) is 22.9. The van der Waals surface area contributed by atoms with Crippen LogP contribution in [0.2, 0.25) is 0 Å². The number of anilines is 3. The molecule has 1 aliphatic rings. The lowest BCUT2D eigenvalue weighted by Gasteiger charge is -2.30. The Kier molecular flexibility index (Phi) is 5.86. The lowest BCUT2D eigenvalue weighted by atomic mass is 9.78. The minimum atomic E-state index is -0.102. The molecular formula is C39H31N. The Hall–Kier alpha value is -4.88. The van der Waals surface area contributed by atoms with Crippen LogP contribution < -0.4 is 4.90 Å². The summed E-state index contributed by atoms with van der Waals surface area (Å²) in [6, 6.07) is 54.7. The minimum absolute atomic E-state index is 0.102. The SMILES string of the molecule is CC1(C)c2ccccc2-c2cc(N(c3ccccc3)c3ccccc3-c3ccccc3)cc(-c3ccccc3)c21. The highest BCUT2D eigenvalue weighted by molar-refractivity contribution is 5.95. The number of hydrogen-bond acceptors (Lipinski definition) is 1. The number of benzene rings is 6. The molecule has 0 atom stereocenters. The molecular weight excluding hydrogens is 482 g/mol. The highest BCUT2D eigenvalue weighted by Crippen LogP contribution is 2.54. The Bertz CT molecular complexity index is 1800. The van der Waals surface area contributed by atoms with Crippen molar-refractivity contribution in [2.75, 3.05) is 4.90 Å². The normalized spacial score (nSPS) is 12.9. The Morgan fingerprint density at radius 3 is 1.60 bits per heavy atom. The van der Waals surface area contributed by atoms with E-state index in [1.807, 2.05) is 0 Å². The van der Waals surface area contributed by atoms with Gasteiger partial charge in [-0.25, -0.2) is 0 Å². The van der Waals surface area contributed by atoms with Gasteiger partial charge >= 0.3 is 0 Å². The Labute approximate surface area is 237 Å². The van der Waals surface area contributed by atoms with Crippen molar-refractivity contribution in [1.29, 1.82) is 0 Å². The summed E-state index contributed by atoms with van der Waals surface area (Å²) in [6.07, 6.45) is 0. The average Bonchev–Trinajstić information content (AvgIpc) is 3.25. The van der Waals surface area contributed by atoms with E-state index in [0.29, 0.717) is 0 Å². The predicted octanol–water partition coefficient (Wildman–Crippen LogP) is 10.8. The van der Waals surface area contributed by atoms with Crippen molar-refractivity contribution < 1.29 is 0 Å². The molecule has 7 rings (SSSR count). The average molecular weight is 514 g/mol. The van der Waals surface area contributed by atoms with Crippen LogP contribution in [-0.2, 0) is 5.41 Å². The van der Waals surface area contributed by atoms with Gasteiger partial charge in [-0.05, 0) is 69.3 Å². The maximum Gasteiger partial charge on any atom is 0.0540 e. The molecule has 6 aromatic rings. The number of para-hydroxylation sites is 2. The number of fused-ring (bicyclic) bond motifs is 3. The molecule has 0 unspecified atom stereocenters. The second-order valence-corrected chi connectivity index (χ2v) is 11.0. The van der Waals surface area contributed by atoms with Gasteiger partial charge in [0.25, 0.3) is 0 Å². The molecule has 0 saturated heterocycles. The first-order valence-corrected chi connectivity index (χ1v) is 14.0. The van der Waals surface area contributed by atoms with Gasteiger partial charge in [0.05, 0.1) is 5.69 Å². The monoisotopic (exact) mass is 513 g/mol. The van der Waals surface area contributed by atoms with Crippen molar-refractivity contribution in [1.82, 2.24) is 0 Å². The van der Waals surface area contributed by atoms with Crippen LogP contribution in [0, 0.1) is 0 Å². The smallest absolute Gasteiger partial charge is 0.0540 e. The fourth-order valence-corrected chi connectivity index (χ4v) is 6.42. The summed E-state index contributed by atoms with van der Waals surface area (Å²) in [4.78, 5) is 2.42. The fourth-order valence-electron chi connectivity index (χ4n) is 6.42. The molecule has 0 aromatic heterocycles. The topological polar surface area (TPSA) is 3.24 Å². The van der Waals surface area contributed by atoms with Gasteiger partial charge in [0.15, 0.2) is 0 Å². The van der Waals surface area contributed by atoms with Gasteiger partial charge in [-0.2, -0.15) is 0 Å². The summed E-state index contributed by atoms with van der Waals surface area (Å²) in [5.74, 6) is 0. The molecule has 6 aromatic carbocycles. The Balaban J connectivity index is 1.55. The van der Waals surface area contributed by atoms with E-state index in [0.717, 1.165) is 17.1 Å². The Morgan fingerprint density at radius 2 is 0.925 bits per heavy atom. The molecule has 0 bridgehead atoms. The van der Waals surface area contributed by atoms with Crippen molar-refractivity contribution in [3.8, 4) is 33.4 Å². The van der Waals surface area contributed by atoms with Gasteiger partial charge in [0.1, 0.15) is 0 Å². The summed E-state index contributed by atoms with van der Waals surface area (Å²) >= 11 is 0. The first-order valence-electron chi connectivity index (χ1n) is 14.0. The van der Waals surface area contributed by atoms with Crippen LogP contribution in [0.15, 0.2) is 152 Å².